The fraction of sp³-hybridized carbons (Fsp3) is 0.333. The number of rotatable bonds is 9. The predicted molar refractivity (Wildman–Crippen MR) is 132 cm³/mol. The summed E-state index contributed by atoms with van der Waals surface area (Å²) in [5.41, 5.74) is 7.67. The number of thiophene rings is 1. The monoisotopic (exact) mass is 492 g/mol. The Balaban J connectivity index is 1.75. The second-order valence-electron chi connectivity index (χ2n) is 8.37. The van der Waals surface area contributed by atoms with Crippen molar-refractivity contribution < 1.29 is 14.7 Å². The number of primary amides is 1. The molecule has 0 unspecified atom stereocenters. The molecule has 0 fully saturated rings. The molecule has 5 nitrogen and oxygen atoms in total. The summed E-state index contributed by atoms with van der Waals surface area (Å²) in [6.45, 7) is 7.18. The number of carbonyl (C=O) groups excluding carboxylic acids is 2. The number of aromatic hydroxyl groups is 1. The number of aryl methyl sites for hydroxylation is 1. The quantitative estimate of drug-likeness (QED) is 0.314. The highest BCUT2D eigenvalue weighted by molar-refractivity contribution is 7.20. The molecule has 0 saturated carbocycles. The molecule has 8 heteroatoms. The SMILES string of the molecule is CCC(C)(C)NCc1ccc(C(=O)CCc2sc3c(Cl)c(O)c(Cl)cc3c2C(N)=O)cc1. The van der Waals surface area contributed by atoms with E-state index in [0.717, 1.165) is 18.5 Å². The van der Waals surface area contributed by atoms with Gasteiger partial charge < -0.3 is 16.2 Å². The van der Waals surface area contributed by atoms with Crippen molar-refractivity contribution in [2.75, 3.05) is 0 Å². The smallest absolute Gasteiger partial charge is 0.250 e. The lowest BCUT2D eigenvalue weighted by Crippen LogP contribution is -2.37. The number of amides is 1. The number of nitrogens with one attached hydrogen (secondary N) is 1. The van der Waals surface area contributed by atoms with Crippen LogP contribution in [0.3, 0.4) is 0 Å². The van der Waals surface area contributed by atoms with Gasteiger partial charge in [0.15, 0.2) is 11.5 Å². The summed E-state index contributed by atoms with van der Waals surface area (Å²) in [7, 11) is 0. The molecular formula is C24H26Cl2N2O3S. The first-order chi connectivity index (χ1) is 15.0. The number of halogens is 2. The van der Waals surface area contributed by atoms with Crippen molar-refractivity contribution in [3.05, 3.63) is 61.9 Å². The Morgan fingerprint density at radius 1 is 1.19 bits per heavy atom. The lowest BCUT2D eigenvalue weighted by molar-refractivity contribution is 0.0975. The van der Waals surface area contributed by atoms with Gasteiger partial charge in [0.05, 0.1) is 15.3 Å². The largest absolute Gasteiger partial charge is 0.505 e. The normalized spacial score (nSPS) is 11.8. The van der Waals surface area contributed by atoms with Gasteiger partial charge in [0.2, 0.25) is 5.91 Å². The fourth-order valence-corrected chi connectivity index (χ4v) is 5.09. The molecular weight excluding hydrogens is 467 g/mol. The van der Waals surface area contributed by atoms with E-state index in [0.29, 0.717) is 32.5 Å². The molecule has 0 bridgehead atoms. The maximum atomic E-state index is 12.7. The Kier molecular flexibility index (Phi) is 7.50. The molecule has 32 heavy (non-hydrogen) atoms. The number of hydrogen-bond acceptors (Lipinski definition) is 5. The number of nitrogens with two attached hydrogens (primary N) is 1. The zero-order valence-corrected chi connectivity index (χ0v) is 20.5. The van der Waals surface area contributed by atoms with Crippen LogP contribution in [0.2, 0.25) is 10.0 Å². The van der Waals surface area contributed by atoms with Crippen LogP contribution in [-0.2, 0) is 13.0 Å². The highest BCUT2D eigenvalue weighted by atomic mass is 35.5. The van der Waals surface area contributed by atoms with E-state index in [1.165, 1.54) is 17.4 Å². The van der Waals surface area contributed by atoms with E-state index in [4.69, 9.17) is 28.9 Å². The molecule has 3 aromatic rings. The Hall–Kier alpha value is -2.12. The third-order valence-electron chi connectivity index (χ3n) is 5.68. The number of hydrogen-bond donors (Lipinski definition) is 3. The van der Waals surface area contributed by atoms with E-state index >= 15 is 0 Å². The third-order valence-corrected chi connectivity index (χ3v) is 7.73. The average Bonchev–Trinajstić information content (AvgIpc) is 3.13. The minimum Gasteiger partial charge on any atom is -0.505 e. The number of fused-ring (bicyclic) bond motifs is 1. The Bertz CT molecular complexity index is 1170. The highest BCUT2D eigenvalue weighted by Gasteiger charge is 2.22. The fourth-order valence-electron chi connectivity index (χ4n) is 3.29. The van der Waals surface area contributed by atoms with Crippen molar-refractivity contribution in [1.29, 1.82) is 0 Å². The van der Waals surface area contributed by atoms with Crippen molar-refractivity contribution in [2.24, 2.45) is 5.73 Å². The molecule has 0 saturated heterocycles. The Morgan fingerprint density at radius 3 is 2.44 bits per heavy atom. The number of phenolic OH excluding ortho intramolecular Hbond substituents is 1. The van der Waals surface area contributed by atoms with Crippen molar-refractivity contribution in [3.63, 3.8) is 0 Å². The minimum absolute atomic E-state index is 0.0294. The summed E-state index contributed by atoms with van der Waals surface area (Å²) in [5, 5.41) is 14.1. The van der Waals surface area contributed by atoms with Crippen molar-refractivity contribution in [3.8, 4) is 5.75 Å². The van der Waals surface area contributed by atoms with Crippen LogP contribution in [0.4, 0.5) is 0 Å². The zero-order chi connectivity index (χ0) is 23.6. The van der Waals surface area contributed by atoms with Crippen LogP contribution in [0.5, 0.6) is 5.75 Å². The van der Waals surface area contributed by atoms with Crippen LogP contribution >= 0.6 is 34.5 Å². The van der Waals surface area contributed by atoms with Gasteiger partial charge in [-0.1, -0.05) is 54.4 Å². The Labute approximate surface area is 201 Å². The van der Waals surface area contributed by atoms with Gasteiger partial charge >= 0.3 is 0 Å². The van der Waals surface area contributed by atoms with Crippen LogP contribution in [0.1, 0.15) is 64.8 Å². The van der Waals surface area contributed by atoms with E-state index in [-0.39, 0.29) is 33.5 Å². The number of benzene rings is 2. The topological polar surface area (TPSA) is 92.4 Å². The maximum Gasteiger partial charge on any atom is 0.250 e. The summed E-state index contributed by atoms with van der Waals surface area (Å²) >= 11 is 13.5. The van der Waals surface area contributed by atoms with Crippen molar-refractivity contribution in [1.82, 2.24) is 5.32 Å². The maximum absolute atomic E-state index is 12.7. The lowest BCUT2D eigenvalue weighted by Gasteiger charge is -2.24. The molecule has 1 aromatic heterocycles. The molecule has 0 atom stereocenters. The van der Waals surface area contributed by atoms with E-state index in [9.17, 15) is 14.7 Å². The molecule has 1 heterocycles. The number of Topliss-reactive ketones (excluding diaryl/α,β-unsaturated/α-hetero) is 1. The minimum atomic E-state index is -0.622. The highest BCUT2D eigenvalue weighted by Crippen LogP contribution is 2.44. The summed E-state index contributed by atoms with van der Waals surface area (Å²) < 4.78 is 0.525. The first-order valence-electron chi connectivity index (χ1n) is 10.3. The molecule has 1 amide bonds. The second kappa shape index (κ2) is 9.79. The van der Waals surface area contributed by atoms with Crippen LogP contribution in [-0.4, -0.2) is 22.3 Å². The third kappa shape index (κ3) is 5.26. The van der Waals surface area contributed by atoms with Crippen molar-refractivity contribution in [2.45, 2.75) is 52.1 Å². The molecule has 0 spiro atoms. The van der Waals surface area contributed by atoms with Crippen LogP contribution < -0.4 is 11.1 Å². The summed E-state index contributed by atoms with van der Waals surface area (Å²) in [6, 6.07) is 9.03. The zero-order valence-electron chi connectivity index (χ0n) is 18.2. The van der Waals surface area contributed by atoms with Crippen LogP contribution in [0.25, 0.3) is 10.1 Å². The van der Waals surface area contributed by atoms with Gasteiger partial charge in [-0.3, -0.25) is 9.59 Å². The Morgan fingerprint density at radius 2 is 1.84 bits per heavy atom. The first-order valence-corrected chi connectivity index (χ1v) is 11.9. The summed E-state index contributed by atoms with van der Waals surface area (Å²) in [5.74, 6) is -0.890. The number of phenols is 1. The second-order valence-corrected chi connectivity index (χ2v) is 10.3. The van der Waals surface area contributed by atoms with Gasteiger partial charge in [-0.2, -0.15) is 0 Å². The van der Waals surface area contributed by atoms with Crippen LogP contribution in [0.15, 0.2) is 30.3 Å². The number of ketones is 1. The van der Waals surface area contributed by atoms with Gasteiger partial charge in [-0.25, -0.2) is 0 Å². The molecule has 0 aliphatic heterocycles. The van der Waals surface area contributed by atoms with Gasteiger partial charge in [0.25, 0.3) is 0 Å². The molecule has 0 aliphatic carbocycles. The molecule has 3 rings (SSSR count). The van der Waals surface area contributed by atoms with Gasteiger partial charge in [-0.05, 0) is 38.3 Å². The molecule has 0 radical (unpaired) electrons. The van der Waals surface area contributed by atoms with Gasteiger partial charge in [0.1, 0.15) is 5.02 Å². The average molecular weight is 493 g/mol. The lowest BCUT2D eigenvalue weighted by atomic mass is 10.0. The molecule has 2 aromatic carbocycles. The number of carbonyl (C=O) groups is 2. The predicted octanol–water partition coefficient (Wildman–Crippen LogP) is 6.11. The van der Waals surface area contributed by atoms with Gasteiger partial charge in [-0.15, -0.1) is 11.3 Å². The molecule has 4 N–H and O–H groups in total. The summed E-state index contributed by atoms with van der Waals surface area (Å²) in [6.07, 6.45) is 1.57. The van der Waals surface area contributed by atoms with Crippen molar-refractivity contribution >= 4 is 56.3 Å². The first kappa shape index (κ1) is 24.5. The van der Waals surface area contributed by atoms with Crippen LogP contribution in [0, 0.1) is 0 Å². The standard InChI is InChI=1S/C24H26Cl2N2O3S/c1-4-24(2,3)28-12-13-5-7-14(8-6-13)17(29)9-10-18-19(23(27)31)15-11-16(25)21(30)20(26)22(15)32-18/h5-8,11,28,30H,4,9-10,12H2,1-3H3,(H2,27,31). The van der Waals surface area contributed by atoms with E-state index in [2.05, 4.69) is 26.1 Å². The van der Waals surface area contributed by atoms with E-state index in [1.807, 2.05) is 24.3 Å². The van der Waals surface area contributed by atoms with E-state index < -0.39 is 5.91 Å². The summed E-state index contributed by atoms with van der Waals surface area (Å²) in [4.78, 5) is 25.5. The molecule has 170 valence electrons. The molecule has 0 aliphatic rings. The van der Waals surface area contributed by atoms with E-state index in [1.54, 1.807) is 0 Å². The van der Waals surface area contributed by atoms with Gasteiger partial charge in [0, 0.05) is 34.3 Å².